The summed E-state index contributed by atoms with van der Waals surface area (Å²) in [5.74, 6) is 0.464. The van der Waals surface area contributed by atoms with Crippen LogP contribution in [0.3, 0.4) is 0 Å². The molecule has 4 heteroatoms. The van der Waals surface area contributed by atoms with Crippen LogP contribution < -0.4 is 0 Å². The van der Waals surface area contributed by atoms with Crippen molar-refractivity contribution in [2.75, 3.05) is 26.4 Å². The van der Waals surface area contributed by atoms with Gasteiger partial charge in [0.05, 0.1) is 19.8 Å². The van der Waals surface area contributed by atoms with Crippen LogP contribution in [0.25, 0.3) is 0 Å². The summed E-state index contributed by atoms with van der Waals surface area (Å²) >= 11 is 0. The highest BCUT2D eigenvalue weighted by Gasteiger charge is 2.26. The molecule has 0 aromatic carbocycles. The Morgan fingerprint density at radius 1 is 1.05 bits per heavy atom. The van der Waals surface area contributed by atoms with Crippen molar-refractivity contribution in [2.45, 2.75) is 64.4 Å². The second kappa shape index (κ2) is 8.90. The van der Waals surface area contributed by atoms with Gasteiger partial charge in [-0.2, -0.15) is 0 Å². The van der Waals surface area contributed by atoms with Crippen LogP contribution in [0.5, 0.6) is 0 Å². The maximum atomic E-state index is 5.82. The minimum atomic E-state index is -0.0116. The summed E-state index contributed by atoms with van der Waals surface area (Å²) in [6, 6.07) is 0. The Hall–Kier alpha value is -0.160. The van der Waals surface area contributed by atoms with Gasteiger partial charge in [0.15, 0.2) is 12.6 Å². The van der Waals surface area contributed by atoms with Crippen LogP contribution >= 0.6 is 0 Å². The first-order valence-electron chi connectivity index (χ1n) is 7.86. The van der Waals surface area contributed by atoms with Gasteiger partial charge in [-0.15, -0.1) is 0 Å². The molecule has 112 valence electrons. The molecule has 4 nitrogen and oxygen atoms in total. The first-order chi connectivity index (χ1) is 9.40. The molecule has 0 aromatic rings. The standard InChI is InChI=1S/C15H28O4/c1-2-3-6-13(15-18-11-12-19-15)8-10-17-14-7-4-5-9-16-14/h13-15H,2-12H2,1H3. The van der Waals surface area contributed by atoms with E-state index in [0.29, 0.717) is 5.92 Å². The summed E-state index contributed by atoms with van der Waals surface area (Å²) in [7, 11) is 0. The highest BCUT2D eigenvalue weighted by molar-refractivity contribution is 4.67. The van der Waals surface area contributed by atoms with Crippen molar-refractivity contribution in [2.24, 2.45) is 5.92 Å². The summed E-state index contributed by atoms with van der Waals surface area (Å²) in [5.41, 5.74) is 0. The topological polar surface area (TPSA) is 36.9 Å². The molecule has 2 saturated heterocycles. The van der Waals surface area contributed by atoms with E-state index in [4.69, 9.17) is 18.9 Å². The lowest BCUT2D eigenvalue weighted by atomic mass is 9.98. The lowest BCUT2D eigenvalue weighted by molar-refractivity contribution is -0.169. The fourth-order valence-electron chi connectivity index (χ4n) is 2.73. The van der Waals surface area contributed by atoms with Crippen molar-refractivity contribution >= 4 is 0 Å². The number of hydrogen-bond donors (Lipinski definition) is 0. The van der Waals surface area contributed by atoms with Crippen LogP contribution in [-0.2, 0) is 18.9 Å². The Bertz CT molecular complexity index is 222. The Labute approximate surface area is 116 Å². The summed E-state index contributed by atoms with van der Waals surface area (Å²) < 4.78 is 22.7. The average molecular weight is 272 g/mol. The highest BCUT2D eigenvalue weighted by atomic mass is 16.7. The van der Waals surface area contributed by atoms with Gasteiger partial charge in [0, 0.05) is 12.5 Å². The van der Waals surface area contributed by atoms with E-state index in [-0.39, 0.29) is 12.6 Å². The molecule has 0 aromatic heterocycles. The number of hydrogen-bond acceptors (Lipinski definition) is 4. The monoisotopic (exact) mass is 272 g/mol. The van der Waals surface area contributed by atoms with E-state index >= 15 is 0 Å². The van der Waals surface area contributed by atoms with Gasteiger partial charge < -0.3 is 18.9 Å². The van der Waals surface area contributed by atoms with E-state index in [9.17, 15) is 0 Å². The third-order valence-electron chi connectivity index (χ3n) is 3.89. The lowest BCUT2D eigenvalue weighted by Gasteiger charge is -2.25. The lowest BCUT2D eigenvalue weighted by Crippen LogP contribution is -2.26. The maximum absolute atomic E-state index is 5.82. The van der Waals surface area contributed by atoms with Gasteiger partial charge in [-0.25, -0.2) is 0 Å². The van der Waals surface area contributed by atoms with E-state index in [1.807, 2.05) is 0 Å². The van der Waals surface area contributed by atoms with E-state index in [2.05, 4.69) is 6.92 Å². The average Bonchev–Trinajstić information content (AvgIpc) is 2.98. The van der Waals surface area contributed by atoms with Crippen LogP contribution in [0.2, 0.25) is 0 Å². The molecule has 19 heavy (non-hydrogen) atoms. The van der Waals surface area contributed by atoms with E-state index in [0.717, 1.165) is 45.7 Å². The first kappa shape index (κ1) is 15.2. The SMILES string of the molecule is CCCCC(CCOC1CCCCO1)C1OCCO1. The third-order valence-corrected chi connectivity index (χ3v) is 3.89. The van der Waals surface area contributed by atoms with Crippen molar-refractivity contribution in [3.63, 3.8) is 0 Å². The Morgan fingerprint density at radius 3 is 2.58 bits per heavy atom. The van der Waals surface area contributed by atoms with Crippen molar-refractivity contribution in [3.8, 4) is 0 Å². The molecule has 2 unspecified atom stereocenters. The fourth-order valence-corrected chi connectivity index (χ4v) is 2.73. The molecule has 2 fully saturated rings. The van der Waals surface area contributed by atoms with Crippen LogP contribution in [0, 0.1) is 5.92 Å². The molecule has 2 heterocycles. The first-order valence-corrected chi connectivity index (χ1v) is 7.86. The normalized spacial score (nSPS) is 26.7. The molecule has 0 N–H and O–H groups in total. The third kappa shape index (κ3) is 5.38. The summed E-state index contributed by atoms with van der Waals surface area (Å²) in [6.07, 6.45) is 8.05. The smallest absolute Gasteiger partial charge is 0.160 e. The number of rotatable bonds is 8. The second-order valence-electron chi connectivity index (χ2n) is 5.47. The van der Waals surface area contributed by atoms with Gasteiger partial charge in [0.1, 0.15) is 0 Å². The summed E-state index contributed by atoms with van der Waals surface area (Å²) in [4.78, 5) is 0. The van der Waals surface area contributed by atoms with Gasteiger partial charge in [0.25, 0.3) is 0 Å². The largest absolute Gasteiger partial charge is 0.353 e. The Balaban J connectivity index is 1.66. The van der Waals surface area contributed by atoms with E-state index < -0.39 is 0 Å². The molecule has 2 aliphatic rings. The van der Waals surface area contributed by atoms with Crippen molar-refractivity contribution in [1.82, 2.24) is 0 Å². The predicted octanol–water partition coefficient (Wildman–Crippen LogP) is 3.10. The summed E-state index contributed by atoms with van der Waals surface area (Å²) in [6.45, 7) is 5.29. The van der Waals surface area contributed by atoms with Crippen LogP contribution in [0.15, 0.2) is 0 Å². The molecule has 0 spiro atoms. The van der Waals surface area contributed by atoms with E-state index in [1.54, 1.807) is 0 Å². The van der Waals surface area contributed by atoms with Crippen LogP contribution in [0.4, 0.5) is 0 Å². The molecular formula is C15H28O4. The zero-order chi connectivity index (χ0) is 13.3. The summed E-state index contributed by atoms with van der Waals surface area (Å²) in [5, 5.41) is 0. The van der Waals surface area contributed by atoms with Gasteiger partial charge >= 0.3 is 0 Å². The minimum Gasteiger partial charge on any atom is -0.353 e. The van der Waals surface area contributed by atoms with Gasteiger partial charge in [-0.05, 0) is 32.1 Å². The fraction of sp³-hybridized carbons (Fsp3) is 1.00. The van der Waals surface area contributed by atoms with Gasteiger partial charge in [0.2, 0.25) is 0 Å². The molecule has 0 radical (unpaired) electrons. The molecule has 2 aliphatic heterocycles. The zero-order valence-electron chi connectivity index (χ0n) is 12.1. The van der Waals surface area contributed by atoms with Gasteiger partial charge in [-0.3, -0.25) is 0 Å². The van der Waals surface area contributed by atoms with Crippen molar-refractivity contribution in [3.05, 3.63) is 0 Å². The van der Waals surface area contributed by atoms with Gasteiger partial charge in [-0.1, -0.05) is 19.8 Å². The quantitative estimate of drug-likeness (QED) is 0.680. The van der Waals surface area contributed by atoms with Crippen molar-refractivity contribution in [1.29, 1.82) is 0 Å². The van der Waals surface area contributed by atoms with Crippen LogP contribution in [0.1, 0.15) is 51.9 Å². The molecule has 0 amide bonds. The van der Waals surface area contributed by atoms with E-state index in [1.165, 1.54) is 25.7 Å². The predicted molar refractivity (Wildman–Crippen MR) is 72.9 cm³/mol. The Morgan fingerprint density at radius 2 is 1.89 bits per heavy atom. The Kier molecular flexibility index (Phi) is 7.14. The number of ether oxygens (including phenoxy) is 4. The minimum absolute atomic E-state index is 0.0116. The zero-order valence-corrected chi connectivity index (χ0v) is 12.1. The highest BCUT2D eigenvalue weighted by Crippen LogP contribution is 2.24. The molecule has 2 rings (SSSR count). The molecular weight excluding hydrogens is 244 g/mol. The number of unbranched alkanes of at least 4 members (excludes halogenated alkanes) is 1. The second-order valence-corrected chi connectivity index (χ2v) is 5.47. The van der Waals surface area contributed by atoms with Crippen LogP contribution in [-0.4, -0.2) is 39.0 Å². The molecule has 0 bridgehead atoms. The maximum Gasteiger partial charge on any atom is 0.160 e. The molecule has 0 saturated carbocycles. The molecule has 0 aliphatic carbocycles. The van der Waals surface area contributed by atoms with Crippen molar-refractivity contribution < 1.29 is 18.9 Å². The molecule has 2 atom stereocenters.